The molecule has 0 unspecified atom stereocenters. The molecule has 1 heterocycles. The summed E-state index contributed by atoms with van der Waals surface area (Å²) >= 11 is 0. The number of rotatable bonds is 5. The summed E-state index contributed by atoms with van der Waals surface area (Å²) in [6.45, 7) is 0. The first kappa shape index (κ1) is 21.4. The van der Waals surface area contributed by atoms with E-state index >= 15 is 0 Å². The molecule has 2 N–H and O–H groups in total. The van der Waals surface area contributed by atoms with E-state index in [1.54, 1.807) is 12.1 Å². The van der Waals surface area contributed by atoms with Crippen molar-refractivity contribution in [3.05, 3.63) is 58.9 Å². The molecule has 2 fully saturated rings. The number of nitrogens with zero attached hydrogens (tertiary/aromatic N) is 2. The number of carbonyl (C=O) groups is 2. The molecular weight excluding hydrogens is 411 g/mol. The van der Waals surface area contributed by atoms with Gasteiger partial charge in [0.2, 0.25) is 0 Å². The Bertz CT molecular complexity index is 979. The van der Waals surface area contributed by atoms with E-state index in [9.17, 15) is 27.9 Å². The minimum atomic E-state index is -4.57. The van der Waals surface area contributed by atoms with Gasteiger partial charge >= 0.3 is 6.18 Å². The Hall–Kier alpha value is -2.81. The number of aromatic nitrogens is 2. The largest absolute Gasteiger partial charge is 0.417 e. The predicted molar refractivity (Wildman–Crippen MR) is 104 cm³/mol. The molecule has 9 heteroatoms. The summed E-state index contributed by atoms with van der Waals surface area (Å²) in [5.74, 6) is -1.39. The number of carbonyl (C=O) groups excluding carboxylic acids is 2. The van der Waals surface area contributed by atoms with Crippen molar-refractivity contribution >= 4 is 11.7 Å². The van der Waals surface area contributed by atoms with E-state index in [1.807, 2.05) is 0 Å². The van der Waals surface area contributed by atoms with Gasteiger partial charge in [0, 0.05) is 17.4 Å². The van der Waals surface area contributed by atoms with Gasteiger partial charge in [-0.3, -0.25) is 9.59 Å². The monoisotopic (exact) mass is 433 g/mol. The Kier molecular flexibility index (Phi) is 5.55. The molecule has 0 radical (unpaired) electrons. The molecule has 1 amide bonds. The molecular formula is C22H22F3N3O3. The second-order valence-corrected chi connectivity index (χ2v) is 8.29. The number of aliphatic hydroxyl groups is 1. The predicted octanol–water partition coefficient (Wildman–Crippen LogP) is 3.86. The maximum absolute atomic E-state index is 13.2. The van der Waals surface area contributed by atoms with Crippen LogP contribution in [0.1, 0.15) is 76.5 Å². The first-order valence-electron chi connectivity index (χ1n) is 10.3. The number of hydrogen-bond donors (Lipinski definition) is 2. The van der Waals surface area contributed by atoms with Gasteiger partial charge in [0.05, 0.1) is 11.3 Å². The Morgan fingerprint density at radius 3 is 2.26 bits per heavy atom. The lowest BCUT2D eigenvalue weighted by atomic mass is 9.77. The normalized spacial score (nSPS) is 22.6. The van der Waals surface area contributed by atoms with Crippen molar-refractivity contribution in [2.24, 2.45) is 5.92 Å². The molecule has 0 aliphatic heterocycles. The fourth-order valence-corrected chi connectivity index (χ4v) is 4.02. The van der Waals surface area contributed by atoms with Crippen LogP contribution in [0.2, 0.25) is 0 Å². The summed E-state index contributed by atoms with van der Waals surface area (Å²) in [5, 5.41) is 20.3. The second kappa shape index (κ2) is 8.03. The van der Waals surface area contributed by atoms with Crippen LogP contribution in [0.25, 0.3) is 0 Å². The van der Waals surface area contributed by atoms with Crippen molar-refractivity contribution in [1.82, 2.24) is 15.5 Å². The van der Waals surface area contributed by atoms with Gasteiger partial charge < -0.3 is 10.4 Å². The van der Waals surface area contributed by atoms with E-state index in [1.165, 1.54) is 18.2 Å². The number of amides is 1. The zero-order valence-electron chi connectivity index (χ0n) is 16.7. The highest BCUT2D eigenvalue weighted by Gasteiger charge is 2.42. The minimum Gasteiger partial charge on any atom is -0.371 e. The van der Waals surface area contributed by atoms with Gasteiger partial charge in [-0.15, -0.1) is 5.10 Å². The Morgan fingerprint density at radius 2 is 1.68 bits per heavy atom. The third-order valence-corrected chi connectivity index (χ3v) is 6.00. The van der Waals surface area contributed by atoms with Gasteiger partial charge in [-0.2, -0.15) is 18.3 Å². The van der Waals surface area contributed by atoms with E-state index in [4.69, 9.17) is 0 Å². The van der Waals surface area contributed by atoms with E-state index < -0.39 is 35.1 Å². The highest BCUT2D eigenvalue weighted by molar-refractivity contribution is 5.99. The highest BCUT2D eigenvalue weighted by Crippen LogP contribution is 2.39. The van der Waals surface area contributed by atoms with Crippen LogP contribution in [0.5, 0.6) is 0 Å². The topological polar surface area (TPSA) is 92.2 Å². The van der Waals surface area contributed by atoms with E-state index in [2.05, 4.69) is 15.5 Å². The summed E-state index contributed by atoms with van der Waals surface area (Å²) in [7, 11) is 0. The van der Waals surface area contributed by atoms with E-state index in [0.717, 1.165) is 6.07 Å². The Morgan fingerprint density at radius 1 is 1.00 bits per heavy atom. The molecule has 2 aliphatic carbocycles. The van der Waals surface area contributed by atoms with Crippen LogP contribution in [0.4, 0.5) is 13.2 Å². The number of hydrogen-bond acceptors (Lipinski definition) is 5. The standard InChI is InChI=1S/C22H22F3N3O3/c23-22(24,25)16-4-2-1-3-15(16)19(29)14-7-5-13(6-8-14)17-9-10-18(28-27-17)20(30)26-21(31)11-12-21/h1-4,9-10,13-14,31H,5-8,11-12H2,(H,26,30). The SMILES string of the molecule is O=C(NC1(O)CC1)c1ccc(C2CCC(C(=O)c3ccccc3C(F)(F)F)CC2)nn1. The lowest BCUT2D eigenvalue weighted by Gasteiger charge is -2.27. The quantitative estimate of drug-likeness (QED) is 0.552. The molecule has 1 aromatic heterocycles. The van der Waals surface area contributed by atoms with Gasteiger partial charge in [-0.05, 0) is 56.7 Å². The third-order valence-electron chi connectivity index (χ3n) is 6.00. The summed E-state index contributed by atoms with van der Waals surface area (Å²) in [6, 6.07) is 8.15. The van der Waals surface area contributed by atoms with Gasteiger partial charge in [0.25, 0.3) is 5.91 Å². The van der Waals surface area contributed by atoms with Crippen molar-refractivity contribution < 1.29 is 27.9 Å². The number of nitrogens with one attached hydrogen (secondary N) is 1. The molecule has 164 valence electrons. The van der Waals surface area contributed by atoms with Crippen LogP contribution in [-0.2, 0) is 6.18 Å². The van der Waals surface area contributed by atoms with Gasteiger partial charge in [-0.1, -0.05) is 18.2 Å². The zero-order valence-corrected chi connectivity index (χ0v) is 16.7. The number of ketones is 1. The van der Waals surface area contributed by atoms with Crippen LogP contribution in [-0.4, -0.2) is 32.7 Å². The van der Waals surface area contributed by atoms with Crippen molar-refractivity contribution in [3.63, 3.8) is 0 Å². The van der Waals surface area contributed by atoms with Gasteiger partial charge in [-0.25, -0.2) is 0 Å². The molecule has 4 rings (SSSR count). The molecule has 0 bridgehead atoms. The third kappa shape index (κ3) is 4.76. The fourth-order valence-electron chi connectivity index (χ4n) is 4.02. The van der Waals surface area contributed by atoms with Crippen LogP contribution in [0.3, 0.4) is 0 Å². The van der Waals surface area contributed by atoms with E-state index in [0.29, 0.717) is 44.2 Å². The molecule has 0 saturated heterocycles. The van der Waals surface area contributed by atoms with Crippen molar-refractivity contribution in [2.75, 3.05) is 0 Å². The van der Waals surface area contributed by atoms with Crippen LogP contribution in [0, 0.1) is 5.92 Å². The maximum atomic E-state index is 13.2. The van der Waals surface area contributed by atoms with Crippen LogP contribution >= 0.6 is 0 Å². The van der Waals surface area contributed by atoms with Crippen molar-refractivity contribution in [3.8, 4) is 0 Å². The van der Waals surface area contributed by atoms with Crippen LogP contribution < -0.4 is 5.32 Å². The molecule has 2 aliphatic rings. The number of halogens is 3. The van der Waals surface area contributed by atoms with Crippen molar-refractivity contribution in [2.45, 2.75) is 56.3 Å². The Labute approximate surface area is 176 Å². The lowest BCUT2D eigenvalue weighted by molar-refractivity contribution is -0.138. The molecule has 2 aromatic rings. The zero-order chi connectivity index (χ0) is 22.2. The molecule has 1 aromatic carbocycles. The number of alkyl halides is 3. The van der Waals surface area contributed by atoms with Crippen molar-refractivity contribution in [1.29, 1.82) is 0 Å². The first-order valence-corrected chi connectivity index (χ1v) is 10.3. The van der Waals surface area contributed by atoms with Gasteiger partial charge in [0.1, 0.15) is 5.72 Å². The first-order chi connectivity index (χ1) is 14.7. The smallest absolute Gasteiger partial charge is 0.371 e. The molecule has 31 heavy (non-hydrogen) atoms. The summed E-state index contributed by atoms with van der Waals surface area (Å²) in [5.41, 5.74) is -1.50. The number of Topliss-reactive ketones (excluding diaryl/α,β-unsaturated/α-hetero) is 1. The number of benzene rings is 1. The summed E-state index contributed by atoms with van der Waals surface area (Å²) < 4.78 is 39.7. The fraction of sp³-hybridized carbons (Fsp3) is 0.455. The highest BCUT2D eigenvalue weighted by atomic mass is 19.4. The lowest BCUT2D eigenvalue weighted by Crippen LogP contribution is -2.37. The molecule has 2 saturated carbocycles. The average molecular weight is 433 g/mol. The van der Waals surface area contributed by atoms with Gasteiger partial charge in [0.15, 0.2) is 11.5 Å². The summed E-state index contributed by atoms with van der Waals surface area (Å²) in [6.07, 6.45) is -1.41. The molecule has 6 nitrogen and oxygen atoms in total. The Balaban J connectivity index is 1.38. The summed E-state index contributed by atoms with van der Waals surface area (Å²) in [4.78, 5) is 24.8. The average Bonchev–Trinajstić information content (AvgIpc) is 3.49. The van der Waals surface area contributed by atoms with Crippen LogP contribution in [0.15, 0.2) is 36.4 Å². The second-order valence-electron chi connectivity index (χ2n) is 8.29. The minimum absolute atomic E-state index is 0.0270. The molecule has 0 atom stereocenters. The van der Waals surface area contributed by atoms with E-state index in [-0.39, 0.29) is 17.2 Å². The maximum Gasteiger partial charge on any atom is 0.417 e. The molecule has 0 spiro atoms.